The van der Waals surface area contributed by atoms with Crippen LogP contribution < -0.4 is 14.7 Å². The fourth-order valence-corrected chi connectivity index (χ4v) is 4.20. The van der Waals surface area contributed by atoms with E-state index in [0.29, 0.717) is 0 Å². The molecule has 162 valence electrons. The van der Waals surface area contributed by atoms with Gasteiger partial charge < -0.3 is 14.7 Å². The summed E-state index contributed by atoms with van der Waals surface area (Å²) in [7, 11) is 12.5. The van der Waals surface area contributed by atoms with Crippen LogP contribution in [0.4, 0.5) is 17.1 Å². The molecule has 0 atom stereocenters. The minimum absolute atomic E-state index is 0.303. The van der Waals surface area contributed by atoms with Crippen molar-refractivity contribution in [3.8, 4) is 0 Å². The van der Waals surface area contributed by atoms with Crippen molar-refractivity contribution >= 4 is 17.1 Å². The van der Waals surface area contributed by atoms with Crippen molar-refractivity contribution in [3.05, 3.63) is 102 Å². The van der Waals surface area contributed by atoms with Gasteiger partial charge in [-0.2, -0.15) is 0 Å². The minimum atomic E-state index is -0.303. The van der Waals surface area contributed by atoms with Crippen molar-refractivity contribution < 1.29 is 0 Å². The summed E-state index contributed by atoms with van der Waals surface area (Å²) in [6, 6.07) is 26.8. The summed E-state index contributed by atoms with van der Waals surface area (Å²) in [5, 5.41) is 0. The molecule has 0 amide bonds. The van der Waals surface area contributed by atoms with Crippen LogP contribution in [0.5, 0.6) is 0 Å². The number of allylic oxidation sites excluding steroid dienone is 1. The third-order valence-electron chi connectivity index (χ3n) is 6.08. The van der Waals surface area contributed by atoms with Crippen LogP contribution in [-0.4, -0.2) is 42.3 Å². The molecule has 0 heterocycles. The molecule has 3 rings (SSSR count). The molecule has 0 fully saturated rings. The molecule has 0 aliphatic heterocycles. The third-order valence-corrected chi connectivity index (χ3v) is 6.08. The maximum Gasteiger partial charge on any atom is 0.0485 e. The van der Waals surface area contributed by atoms with Gasteiger partial charge in [0.05, 0.1) is 0 Å². The second-order valence-electron chi connectivity index (χ2n) is 8.72. The molecule has 0 spiro atoms. The first kappa shape index (κ1) is 22.5. The largest absolute Gasteiger partial charge is 0.378 e. The molecule has 0 bridgehead atoms. The van der Waals surface area contributed by atoms with E-state index in [1.165, 1.54) is 33.8 Å². The lowest BCUT2D eigenvalue weighted by atomic mass is 9.67. The van der Waals surface area contributed by atoms with E-state index in [4.69, 9.17) is 0 Å². The lowest BCUT2D eigenvalue weighted by Gasteiger charge is -2.36. The molecule has 3 heteroatoms. The molecule has 0 saturated carbocycles. The minimum Gasteiger partial charge on any atom is -0.378 e. The van der Waals surface area contributed by atoms with Crippen LogP contribution in [0.1, 0.15) is 23.1 Å². The summed E-state index contributed by atoms with van der Waals surface area (Å²) in [4.78, 5) is 6.41. The van der Waals surface area contributed by atoms with Crippen LogP contribution in [0.15, 0.2) is 85.5 Å². The molecular weight excluding hydrogens is 378 g/mol. The summed E-state index contributed by atoms with van der Waals surface area (Å²) in [6.07, 6.45) is 2.86. The van der Waals surface area contributed by atoms with Crippen molar-refractivity contribution in [1.29, 1.82) is 0 Å². The number of hydrogen-bond acceptors (Lipinski definition) is 3. The van der Waals surface area contributed by atoms with Crippen molar-refractivity contribution in [2.75, 3.05) is 57.0 Å². The van der Waals surface area contributed by atoms with Crippen LogP contribution >= 0.6 is 0 Å². The van der Waals surface area contributed by atoms with E-state index in [9.17, 15) is 0 Å². The first-order chi connectivity index (χ1) is 14.8. The lowest BCUT2D eigenvalue weighted by molar-refractivity contribution is 0.628. The van der Waals surface area contributed by atoms with Crippen molar-refractivity contribution in [2.45, 2.75) is 11.8 Å². The van der Waals surface area contributed by atoms with Crippen LogP contribution in [0.3, 0.4) is 0 Å². The van der Waals surface area contributed by atoms with Gasteiger partial charge in [0.1, 0.15) is 0 Å². The highest BCUT2D eigenvalue weighted by Crippen LogP contribution is 2.43. The number of benzene rings is 3. The first-order valence-corrected chi connectivity index (χ1v) is 10.7. The Hall–Kier alpha value is -3.20. The van der Waals surface area contributed by atoms with Gasteiger partial charge in [0.25, 0.3) is 0 Å². The van der Waals surface area contributed by atoms with Crippen molar-refractivity contribution in [2.24, 2.45) is 0 Å². The van der Waals surface area contributed by atoms with Crippen LogP contribution in [0, 0.1) is 0 Å². The Morgan fingerprint density at radius 2 is 0.806 bits per heavy atom. The topological polar surface area (TPSA) is 9.72 Å². The Balaban J connectivity index is 2.24. The van der Waals surface area contributed by atoms with Gasteiger partial charge in [0.2, 0.25) is 0 Å². The molecule has 0 saturated heterocycles. The fraction of sp³-hybridized carbons (Fsp3) is 0.286. The molecule has 0 radical (unpaired) electrons. The average molecular weight is 414 g/mol. The Morgan fingerprint density at radius 1 is 0.548 bits per heavy atom. The third kappa shape index (κ3) is 4.46. The molecular formula is C28H35N3. The Kier molecular flexibility index (Phi) is 6.74. The van der Waals surface area contributed by atoms with E-state index in [0.717, 1.165) is 6.42 Å². The maximum atomic E-state index is 4.13. The second kappa shape index (κ2) is 9.30. The van der Waals surface area contributed by atoms with Gasteiger partial charge >= 0.3 is 0 Å². The molecule has 0 aliphatic rings. The molecule has 0 unspecified atom stereocenters. The number of anilines is 3. The molecule has 3 nitrogen and oxygen atoms in total. The molecule has 0 aromatic heterocycles. The van der Waals surface area contributed by atoms with Gasteiger partial charge in [-0.3, -0.25) is 0 Å². The predicted octanol–water partition coefficient (Wildman–Crippen LogP) is 5.80. The Labute approximate surface area is 188 Å². The van der Waals surface area contributed by atoms with E-state index in [1.54, 1.807) is 0 Å². The lowest BCUT2D eigenvalue weighted by Crippen LogP contribution is -2.29. The predicted molar refractivity (Wildman–Crippen MR) is 137 cm³/mol. The summed E-state index contributed by atoms with van der Waals surface area (Å²) in [5.74, 6) is 0. The quantitative estimate of drug-likeness (QED) is 0.342. The zero-order valence-electron chi connectivity index (χ0n) is 19.8. The smallest absolute Gasteiger partial charge is 0.0485 e. The molecule has 0 aliphatic carbocycles. The highest BCUT2D eigenvalue weighted by molar-refractivity contribution is 5.59. The number of hydrogen-bond donors (Lipinski definition) is 0. The first-order valence-electron chi connectivity index (χ1n) is 10.7. The molecule has 0 N–H and O–H groups in total. The Morgan fingerprint density at radius 3 is 1.00 bits per heavy atom. The number of nitrogens with zero attached hydrogens (tertiary/aromatic N) is 3. The standard InChI is InChI=1S/C28H35N3/c1-8-21-28(22-9-15-25(16-10-22)29(2)3,23-11-17-26(18-12-23)30(4)5)24-13-19-27(20-14-24)31(6)7/h8-20H,1,21H2,2-7H3. The molecule has 3 aromatic carbocycles. The van der Waals surface area contributed by atoms with Gasteiger partial charge in [-0.1, -0.05) is 42.5 Å². The zero-order valence-corrected chi connectivity index (χ0v) is 19.8. The highest BCUT2D eigenvalue weighted by Gasteiger charge is 2.35. The summed E-state index contributed by atoms with van der Waals surface area (Å²) < 4.78 is 0. The van der Waals surface area contributed by atoms with Gasteiger partial charge in [0, 0.05) is 64.8 Å². The van der Waals surface area contributed by atoms with Crippen LogP contribution in [-0.2, 0) is 5.41 Å². The molecule has 31 heavy (non-hydrogen) atoms. The van der Waals surface area contributed by atoms with Gasteiger partial charge in [0.15, 0.2) is 0 Å². The van der Waals surface area contributed by atoms with E-state index in [2.05, 4.69) is 136 Å². The average Bonchev–Trinajstić information content (AvgIpc) is 2.78. The van der Waals surface area contributed by atoms with Crippen LogP contribution in [0.2, 0.25) is 0 Å². The van der Waals surface area contributed by atoms with Gasteiger partial charge in [-0.05, 0) is 59.5 Å². The van der Waals surface area contributed by atoms with E-state index < -0.39 is 0 Å². The monoisotopic (exact) mass is 413 g/mol. The summed E-state index contributed by atoms with van der Waals surface area (Å²) in [5.41, 5.74) is 7.10. The highest BCUT2D eigenvalue weighted by atomic mass is 15.1. The van der Waals surface area contributed by atoms with E-state index in [1.807, 2.05) is 6.08 Å². The zero-order chi connectivity index (χ0) is 22.6. The van der Waals surface area contributed by atoms with E-state index in [-0.39, 0.29) is 5.41 Å². The normalized spacial score (nSPS) is 11.2. The SMILES string of the molecule is C=CCC(c1ccc(N(C)C)cc1)(c1ccc(N(C)C)cc1)c1ccc(N(C)C)cc1. The second-order valence-corrected chi connectivity index (χ2v) is 8.72. The summed E-state index contributed by atoms with van der Waals surface area (Å²) >= 11 is 0. The number of rotatable bonds is 8. The fourth-order valence-electron chi connectivity index (χ4n) is 4.20. The van der Waals surface area contributed by atoms with Gasteiger partial charge in [-0.25, -0.2) is 0 Å². The Bertz CT molecular complexity index is 857. The van der Waals surface area contributed by atoms with Crippen molar-refractivity contribution in [1.82, 2.24) is 0 Å². The van der Waals surface area contributed by atoms with Gasteiger partial charge in [-0.15, -0.1) is 6.58 Å². The van der Waals surface area contributed by atoms with Crippen molar-refractivity contribution in [3.63, 3.8) is 0 Å². The summed E-state index contributed by atoms with van der Waals surface area (Å²) in [6.45, 7) is 4.13. The maximum absolute atomic E-state index is 4.13. The van der Waals surface area contributed by atoms with Crippen LogP contribution in [0.25, 0.3) is 0 Å². The van der Waals surface area contributed by atoms with E-state index >= 15 is 0 Å². The molecule has 3 aromatic rings.